The lowest BCUT2D eigenvalue weighted by molar-refractivity contribution is -0.144. The molecule has 0 amide bonds. The highest BCUT2D eigenvalue weighted by Crippen LogP contribution is 2.23. The molecule has 0 saturated carbocycles. The van der Waals surface area contributed by atoms with Gasteiger partial charge in [-0.3, -0.25) is 9.59 Å². The summed E-state index contributed by atoms with van der Waals surface area (Å²) in [7, 11) is 0. The first kappa shape index (κ1) is 48.4. The highest BCUT2D eigenvalue weighted by molar-refractivity contribution is 5.70. The van der Waals surface area contributed by atoms with Crippen molar-refractivity contribution in [2.24, 2.45) is 35.5 Å². The predicted molar refractivity (Wildman–Crippen MR) is 217 cm³/mol. The molecule has 0 heterocycles. The van der Waals surface area contributed by atoms with Crippen molar-refractivity contribution < 1.29 is 19.1 Å². The van der Waals surface area contributed by atoms with Crippen LogP contribution in [0, 0.1) is 35.5 Å². The Bertz CT molecular complexity index is 813. The number of hydrogen-bond acceptors (Lipinski definition) is 4. The lowest BCUT2D eigenvalue weighted by Gasteiger charge is -2.15. The van der Waals surface area contributed by atoms with Crippen LogP contribution in [0.5, 0.6) is 0 Å². The lowest BCUT2D eigenvalue weighted by Crippen LogP contribution is -2.07. The quantitative estimate of drug-likeness (QED) is 0.0388. The standard InChI is InChI=1S/C46H86O4/c1-37(2)19-13-21-39(5)23-15-25-41(7)27-17-29-43(9)33-35-49-45(47)31-11-12-32-46(48)50-36-34-44(10)30-18-28-42(8)26-16-24-40(6)22-14-20-38(3)4/h33-34,37-42H,11-32,35-36H2,1-10H3/b43-33+,44-34+/t39-,40-,41-,42-/m1/s1. The van der Waals surface area contributed by atoms with Gasteiger partial charge in [-0.1, -0.05) is 156 Å². The number of carbonyl (C=O) groups is 2. The summed E-state index contributed by atoms with van der Waals surface area (Å²) in [6.45, 7) is 23.9. The van der Waals surface area contributed by atoms with Crippen LogP contribution in [0.4, 0.5) is 0 Å². The van der Waals surface area contributed by atoms with Crippen LogP contribution in [-0.4, -0.2) is 25.2 Å². The molecular weight excluding hydrogens is 617 g/mol. The molecule has 0 unspecified atom stereocenters. The Morgan fingerprint density at radius 2 is 0.680 bits per heavy atom. The fourth-order valence-electron chi connectivity index (χ4n) is 6.86. The molecule has 4 heteroatoms. The van der Waals surface area contributed by atoms with Crippen LogP contribution < -0.4 is 0 Å². The Kier molecular flexibility index (Phi) is 31.1. The third-order valence-corrected chi connectivity index (χ3v) is 10.6. The van der Waals surface area contributed by atoms with Gasteiger partial charge in [0.1, 0.15) is 13.2 Å². The van der Waals surface area contributed by atoms with E-state index in [1.807, 2.05) is 12.2 Å². The van der Waals surface area contributed by atoms with Crippen LogP contribution in [0.15, 0.2) is 23.3 Å². The number of hydrogen-bond donors (Lipinski definition) is 0. The van der Waals surface area contributed by atoms with Crippen molar-refractivity contribution in [3.05, 3.63) is 23.3 Å². The third kappa shape index (κ3) is 33.6. The maximum absolute atomic E-state index is 12.1. The number of ether oxygens (including phenoxy) is 2. The Labute approximate surface area is 312 Å². The van der Waals surface area contributed by atoms with Crippen LogP contribution in [-0.2, 0) is 19.1 Å². The summed E-state index contributed by atoms with van der Waals surface area (Å²) in [5.41, 5.74) is 2.60. The largest absolute Gasteiger partial charge is 0.461 e. The highest BCUT2D eigenvalue weighted by Gasteiger charge is 2.09. The normalized spacial score (nSPS) is 15.0. The topological polar surface area (TPSA) is 52.6 Å². The van der Waals surface area contributed by atoms with Crippen LogP contribution >= 0.6 is 0 Å². The van der Waals surface area contributed by atoms with E-state index in [1.165, 1.54) is 114 Å². The first-order chi connectivity index (χ1) is 23.8. The molecule has 0 aromatic carbocycles. The predicted octanol–water partition coefficient (Wildman–Crippen LogP) is 14.4. The molecule has 0 saturated heterocycles. The average molecular weight is 703 g/mol. The molecule has 0 radical (unpaired) electrons. The van der Waals surface area contributed by atoms with Crippen molar-refractivity contribution in [3.8, 4) is 0 Å². The van der Waals surface area contributed by atoms with Gasteiger partial charge in [0.2, 0.25) is 0 Å². The molecule has 0 fully saturated rings. The molecule has 0 spiro atoms. The van der Waals surface area contributed by atoms with Gasteiger partial charge in [0.25, 0.3) is 0 Å². The van der Waals surface area contributed by atoms with Gasteiger partial charge in [0.15, 0.2) is 0 Å². The summed E-state index contributed by atoms with van der Waals surface area (Å²) in [4.78, 5) is 24.3. The summed E-state index contributed by atoms with van der Waals surface area (Å²) in [5, 5.41) is 0. The van der Waals surface area contributed by atoms with Gasteiger partial charge in [0, 0.05) is 12.8 Å². The molecule has 4 nitrogen and oxygen atoms in total. The number of carbonyl (C=O) groups excluding carboxylic acids is 2. The molecule has 0 aromatic heterocycles. The molecule has 0 aliphatic rings. The average Bonchev–Trinajstić information content (AvgIpc) is 3.02. The monoisotopic (exact) mass is 703 g/mol. The van der Waals surface area contributed by atoms with Crippen LogP contribution in [0.3, 0.4) is 0 Å². The van der Waals surface area contributed by atoms with E-state index in [-0.39, 0.29) is 11.9 Å². The van der Waals surface area contributed by atoms with E-state index in [2.05, 4.69) is 69.2 Å². The minimum Gasteiger partial charge on any atom is -0.461 e. The Morgan fingerprint density at radius 3 is 0.980 bits per heavy atom. The van der Waals surface area contributed by atoms with E-state index in [1.54, 1.807) is 0 Å². The van der Waals surface area contributed by atoms with E-state index in [0.29, 0.717) is 38.9 Å². The zero-order valence-corrected chi connectivity index (χ0v) is 35.2. The van der Waals surface area contributed by atoms with E-state index < -0.39 is 0 Å². The molecule has 0 aliphatic carbocycles. The highest BCUT2D eigenvalue weighted by atomic mass is 16.5. The molecular formula is C46H86O4. The van der Waals surface area contributed by atoms with Crippen molar-refractivity contribution in [3.63, 3.8) is 0 Å². The van der Waals surface area contributed by atoms with Gasteiger partial charge >= 0.3 is 11.9 Å². The summed E-state index contributed by atoms with van der Waals surface area (Å²) in [5.74, 6) is 4.57. The van der Waals surface area contributed by atoms with Gasteiger partial charge in [-0.25, -0.2) is 0 Å². The Hall–Kier alpha value is -1.58. The summed E-state index contributed by atoms with van der Waals surface area (Å²) < 4.78 is 10.8. The Balaban J connectivity index is 3.83. The zero-order chi connectivity index (χ0) is 37.6. The molecule has 50 heavy (non-hydrogen) atoms. The van der Waals surface area contributed by atoms with Crippen molar-refractivity contribution in [2.75, 3.05) is 13.2 Å². The Morgan fingerprint density at radius 1 is 0.400 bits per heavy atom. The minimum absolute atomic E-state index is 0.186. The van der Waals surface area contributed by atoms with Crippen molar-refractivity contribution in [2.45, 2.75) is 210 Å². The third-order valence-electron chi connectivity index (χ3n) is 10.6. The van der Waals surface area contributed by atoms with Crippen molar-refractivity contribution >= 4 is 11.9 Å². The fraction of sp³-hybridized carbons (Fsp3) is 0.870. The maximum atomic E-state index is 12.1. The number of unbranched alkanes of at least 4 members (excludes halogenated alkanes) is 1. The van der Waals surface area contributed by atoms with Crippen molar-refractivity contribution in [1.29, 1.82) is 0 Å². The minimum atomic E-state index is -0.186. The molecule has 0 rings (SSSR count). The maximum Gasteiger partial charge on any atom is 0.306 e. The molecule has 0 N–H and O–H groups in total. The van der Waals surface area contributed by atoms with Crippen molar-refractivity contribution in [1.82, 2.24) is 0 Å². The summed E-state index contributed by atoms with van der Waals surface area (Å²) >= 11 is 0. The number of allylic oxidation sites excluding steroid dienone is 2. The molecule has 0 bridgehead atoms. The number of esters is 2. The molecule has 0 aliphatic heterocycles. The second-order valence-electron chi connectivity index (χ2n) is 17.4. The summed E-state index contributed by atoms with van der Waals surface area (Å²) in [6, 6.07) is 0. The molecule has 0 aromatic rings. The zero-order valence-electron chi connectivity index (χ0n) is 35.2. The van der Waals surface area contributed by atoms with Crippen LogP contribution in [0.25, 0.3) is 0 Å². The fourth-order valence-corrected chi connectivity index (χ4v) is 6.86. The van der Waals surface area contributed by atoms with E-state index in [9.17, 15) is 9.59 Å². The van der Waals surface area contributed by atoms with Gasteiger partial charge < -0.3 is 9.47 Å². The molecule has 4 atom stereocenters. The molecule has 294 valence electrons. The first-order valence-corrected chi connectivity index (χ1v) is 21.4. The second kappa shape index (κ2) is 32.1. The smallest absolute Gasteiger partial charge is 0.306 e. The van der Waals surface area contributed by atoms with E-state index in [0.717, 1.165) is 48.3 Å². The van der Waals surface area contributed by atoms with Gasteiger partial charge in [-0.15, -0.1) is 0 Å². The van der Waals surface area contributed by atoms with Crippen LogP contribution in [0.1, 0.15) is 210 Å². The lowest BCUT2D eigenvalue weighted by atomic mass is 9.91. The van der Waals surface area contributed by atoms with Gasteiger partial charge in [-0.2, -0.15) is 0 Å². The first-order valence-electron chi connectivity index (χ1n) is 21.4. The van der Waals surface area contributed by atoms with E-state index >= 15 is 0 Å². The van der Waals surface area contributed by atoms with Crippen LogP contribution in [0.2, 0.25) is 0 Å². The second-order valence-corrected chi connectivity index (χ2v) is 17.4. The SMILES string of the molecule is C/C(=C\COC(=O)CCCCC(=O)OC/C=C(\C)CCC[C@H](C)CCC[C@H](C)CCCC(C)C)CCC[C@H](C)CCC[C@H](C)CCCC(C)C. The van der Waals surface area contributed by atoms with Gasteiger partial charge in [-0.05, 0) is 100 Å². The van der Waals surface area contributed by atoms with E-state index in [4.69, 9.17) is 9.47 Å². The summed E-state index contributed by atoms with van der Waals surface area (Å²) in [6.07, 6.45) is 29.5. The number of rotatable bonds is 33. The van der Waals surface area contributed by atoms with Gasteiger partial charge in [0.05, 0.1) is 0 Å².